The summed E-state index contributed by atoms with van der Waals surface area (Å²) >= 11 is 1.39. The van der Waals surface area contributed by atoms with Gasteiger partial charge in [0, 0.05) is 44.7 Å². The number of benzene rings is 2. The van der Waals surface area contributed by atoms with Crippen LogP contribution in [0, 0.1) is 5.82 Å². The van der Waals surface area contributed by atoms with E-state index in [0.29, 0.717) is 22.3 Å². The van der Waals surface area contributed by atoms with Gasteiger partial charge in [-0.3, -0.25) is 9.69 Å². The largest absolute Gasteiger partial charge is 0.437 e. The average Bonchev–Trinajstić information content (AvgIpc) is 3.27. The van der Waals surface area contributed by atoms with Crippen molar-refractivity contribution in [1.29, 1.82) is 0 Å². The fourth-order valence-electron chi connectivity index (χ4n) is 4.50. The molecule has 1 fully saturated rings. The Morgan fingerprint density at radius 3 is 2.75 bits per heavy atom. The lowest BCUT2D eigenvalue weighted by molar-refractivity contribution is -0.114. The van der Waals surface area contributed by atoms with Gasteiger partial charge in [0.15, 0.2) is 10.9 Å². The van der Waals surface area contributed by atoms with Crippen LogP contribution in [0.5, 0.6) is 11.6 Å². The monoisotopic (exact) mass is 506 g/mol. The van der Waals surface area contributed by atoms with Gasteiger partial charge >= 0.3 is 0 Å². The Balaban J connectivity index is 1.30. The molecule has 1 aliphatic heterocycles. The van der Waals surface area contributed by atoms with Crippen molar-refractivity contribution in [3.8, 4) is 11.6 Å². The summed E-state index contributed by atoms with van der Waals surface area (Å²) in [5, 5.41) is 3.25. The fraction of sp³-hybridized carbons (Fsp3) is 0.308. The predicted molar refractivity (Wildman–Crippen MR) is 139 cm³/mol. The van der Waals surface area contributed by atoms with Crippen LogP contribution in [0.15, 0.2) is 54.9 Å². The lowest BCUT2D eigenvalue weighted by atomic mass is 10.0. The molecule has 2 atom stereocenters. The first kappa shape index (κ1) is 24.1. The van der Waals surface area contributed by atoms with E-state index in [1.54, 1.807) is 0 Å². The quantitative estimate of drug-likeness (QED) is 0.383. The van der Waals surface area contributed by atoms with Crippen molar-refractivity contribution in [2.75, 3.05) is 29.9 Å². The van der Waals surface area contributed by atoms with Crippen LogP contribution in [0.2, 0.25) is 0 Å². The molecule has 2 aromatic carbocycles. The lowest BCUT2D eigenvalue weighted by Crippen LogP contribution is -2.52. The Labute approximate surface area is 212 Å². The summed E-state index contributed by atoms with van der Waals surface area (Å²) in [6.45, 7) is 8.28. The highest BCUT2D eigenvalue weighted by molar-refractivity contribution is 7.22. The molecule has 0 saturated carbocycles. The van der Waals surface area contributed by atoms with Gasteiger partial charge in [0.05, 0.1) is 4.70 Å². The van der Waals surface area contributed by atoms with Crippen LogP contribution in [0.25, 0.3) is 10.2 Å². The van der Waals surface area contributed by atoms with Crippen LogP contribution in [-0.2, 0) is 4.79 Å². The predicted octanol–water partition coefficient (Wildman–Crippen LogP) is 5.25. The molecule has 1 N–H and O–H groups in total. The smallest absolute Gasteiger partial charge is 0.224 e. The van der Waals surface area contributed by atoms with E-state index in [2.05, 4.69) is 43.9 Å². The number of nitrogens with zero attached hydrogens (tertiary/aromatic N) is 5. The van der Waals surface area contributed by atoms with E-state index in [1.807, 2.05) is 36.4 Å². The van der Waals surface area contributed by atoms with E-state index in [1.165, 1.54) is 36.7 Å². The lowest BCUT2D eigenvalue weighted by Gasteiger charge is -2.43. The minimum atomic E-state index is -0.217. The maximum absolute atomic E-state index is 13.3. The number of fused-ring (bicyclic) bond motifs is 1. The third kappa shape index (κ3) is 5.14. The van der Waals surface area contributed by atoms with E-state index in [0.717, 1.165) is 35.7 Å². The van der Waals surface area contributed by atoms with Crippen molar-refractivity contribution in [3.05, 3.63) is 66.2 Å². The number of piperazine rings is 1. The van der Waals surface area contributed by atoms with E-state index < -0.39 is 0 Å². The van der Waals surface area contributed by atoms with E-state index in [-0.39, 0.29) is 23.8 Å². The minimum absolute atomic E-state index is 0.168. The standard InChI is InChI=1S/C26H27FN6O2S/c1-16-14-32(17(2)19-7-9-20(27)10-8-19)11-12-33(16)23-13-24(29-15-28-23)35-21-5-4-6-22-25(21)31-26(36-22)30-18(3)34/h4-10,13,15-17H,11-12,14H2,1-3H3,(H,30,31,34)/t16-,17-/m0/s1. The maximum atomic E-state index is 13.3. The van der Waals surface area contributed by atoms with Gasteiger partial charge in [-0.05, 0) is 43.7 Å². The zero-order chi connectivity index (χ0) is 25.2. The van der Waals surface area contributed by atoms with Gasteiger partial charge in [0.25, 0.3) is 0 Å². The number of ether oxygens (including phenoxy) is 1. The molecule has 1 aliphatic rings. The number of carbonyl (C=O) groups excluding carboxylic acids is 1. The number of carbonyl (C=O) groups is 1. The number of aromatic nitrogens is 3. The molecular weight excluding hydrogens is 479 g/mol. The first-order valence-corrected chi connectivity index (χ1v) is 12.6. The highest BCUT2D eigenvalue weighted by atomic mass is 32.1. The summed E-state index contributed by atoms with van der Waals surface area (Å²) in [7, 11) is 0. The van der Waals surface area contributed by atoms with Crippen molar-refractivity contribution >= 4 is 38.4 Å². The van der Waals surface area contributed by atoms with Crippen molar-refractivity contribution in [2.45, 2.75) is 32.9 Å². The molecule has 1 saturated heterocycles. The number of hydrogen-bond donors (Lipinski definition) is 1. The number of halogens is 1. The van der Waals surface area contributed by atoms with Crippen molar-refractivity contribution in [1.82, 2.24) is 19.9 Å². The molecule has 4 aromatic rings. The fourth-order valence-corrected chi connectivity index (χ4v) is 5.42. The van der Waals surface area contributed by atoms with Crippen molar-refractivity contribution < 1.29 is 13.9 Å². The first-order chi connectivity index (χ1) is 17.4. The SMILES string of the molecule is CC(=O)Nc1nc2c(Oc3cc(N4CCN([C@@H](C)c5ccc(F)cc5)C[C@@H]4C)ncn3)cccc2s1. The second-order valence-corrected chi connectivity index (χ2v) is 9.92. The molecule has 0 aliphatic carbocycles. The van der Waals surface area contributed by atoms with E-state index in [4.69, 9.17) is 4.74 Å². The van der Waals surface area contributed by atoms with Gasteiger partial charge in [-0.2, -0.15) is 0 Å². The summed E-state index contributed by atoms with van der Waals surface area (Å²) in [5.41, 5.74) is 1.77. The third-order valence-corrected chi connectivity index (χ3v) is 7.30. The Morgan fingerprint density at radius 1 is 1.19 bits per heavy atom. The number of amides is 1. The van der Waals surface area contributed by atoms with Crippen LogP contribution in [0.4, 0.5) is 15.3 Å². The summed E-state index contributed by atoms with van der Waals surface area (Å²) < 4.78 is 20.4. The highest BCUT2D eigenvalue weighted by Gasteiger charge is 2.28. The Bertz CT molecular complexity index is 1380. The van der Waals surface area contributed by atoms with Gasteiger partial charge in [-0.1, -0.05) is 29.5 Å². The summed E-state index contributed by atoms with van der Waals surface area (Å²) in [6, 6.07) is 14.6. The Kier molecular flexibility index (Phi) is 6.80. The van der Waals surface area contributed by atoms with Gasteiger partial charge in [0.1, 0.15) is 23.5 Å². The van der Waals surface area contributed by atoms with E-state index >= 15 is 0 Å². The normalized spacial score (nSPS) is 17.2. The van der Waals surface area contributed by atoms with Crippen LogP contribution >= 0.6 is 11.3 Å². The third-order valence-electron chi connectivity index (χ3n) is 6.36. The second kappa shape index (κ2) is 10.2. The number of nitrogens with one attached hydrogen (secondary N) is 1. The molecule has 186 valence electrons. The molecule has 0 radical (unpaired) electrons. The molecule has 0 unspecified atom stereocenters. The van der Waals surface area contributed by atoms with Crippen LogP contribution in [-0.4, -0.2) is 51.4 Å². The molecule has 0 bridgehead atoms. The average molecular weight is 507 g/mol. The molecule has 1 amide bonds. The van der Waals surface area contributed by atoms with Gasteiger partial charge in [0.2, 0.25) is 11.8 Å². The molecule has 3 heterocycles. The molecule has 0 spiro atoms. The Hall–Kier alpha value is -3.63. The van der Waals surface area contributed by atoms with Gasteiger partial charge in [-0.15, -0.1) is 0 Å². The van der Waals surface area contributed by atoms with Crippen molar-refractivity contribution in [3.63, 3.8) is 0 Å². The topological polar surface area (TPSA) is 83.5 Å². The minimum Gasteiger partial charge on any atom is -0.437 e. The van der Waals surface area contributed by atoms with Crippen LogP contribution in [0.3, 0.4) is 0 Å². The summed E-state index contributed by atoms with van der Waals surface area (Å²) in [6.07, 6.45) is 1.51. The van der Waals surface area contributed by atoms with Crippen LogP contribution in [0.1, 0.15) is 32.4 Å². The number of hydrogen-bond acceptors (Lipinski definition) is 8. The summed E-state index contributed by atoms with van der Waals surface area (Å²) in [4.78, 5) is 29.4. The second-order valence-electron chi connectivity index (χ2n) is 8.88. The molecule has 5 rings (SSSR count). The number of para-hydroxylation sites is 1. The zero-order valence-electron chi connectivity index (χ0n) is 20.3. The number of rotatable bonds is 6. The Morgan fingerprint density at radius 2 is 2.00 bits per heavy atom. The molecule has 2 aromatic heterocycles. The molecule has 8 nitrogen and oxygen atoms in total. The number of anilines is 2. The first-order valence-electron chi connectivity index (χ1n) is 11.8. The van der Waals surface area contributed by atoms with E-state index in [9.17, 15) is 9.18 Å². The van der Waals surface area contributed by atoms with Crippen LogP contribution < -0.4 is 15.0 Å². The molecule has 10 heteroatoms. The van der Waals surface area contributed by atoms with Crippen molar-refractivity contribution in [2.24, 2.45) is 0 Å². The number of thiazole rings is 1. The van der Waals surface area contributed by atoms with Gasteiger partial charge < -0.3 is 15.0 Å². The molecule has 36 heavy (non-hydrogen) atoms. The summed E-state index contributed by atoms with van der Waals surface area (Å²) in [5.74, 6) is 1.40. The maximum Gasteiger partial charge on any atom is 0.224 e. The van der Waals surface area contributed by atoms with Gasteiger partial charge in [-0.25, -0.2) is 19.3 Å². The molecular formula is C26H27FN6O2S. The zero-order valence-corrected chi connectivity index (χ0v) is 21.1. The highest BCUT2D eigenvalue weighted by Crippen LogP contribution is 2.35.